The molecule has 1 N–H and O–H groups in total. The molecule has 1 saturated carbocycles. The van der Waals surface area contributed by atoms with Gasteiger partial charge in [-0.05, 0) is 25.0 Å². The van der Waals surface area contributed by atoms with Gasteiger partial charge in [0.1, 0.15) is 0 Å². The summed E-state index contributed by atoms with van der Waals surface area (Å²) in [5.74, 6) is 0. The number of hydrogen-bond acceptors (Lipinski definition) is 5. The lowest BCUT2D eigenvalue weighted by Crippen LogP contribution is -2.40. The van der Waals surface area contributed by atoms with Crippen molar-refractivity contribution >= 4 is 15.7 Å². The van der Waals surface area contributed by atoms with E-state index in [0.717, 1.165) is 25.7 Å². The molecule has 0 spiro atoms. The van der Waals surface area contributed by atoms with Crippen molar-refractivity contribution in [2.75, 3.05) is 13.2 Å². The summed E-state index contributed by atoms with van der Waals surface area (Å²) in [5.41, 5.74) is -0.150. The molecule has 1 aliphatic rings. The number of nitro benzene ring substituents is 1. The van der Waals surface area contributed by atoms with E-state index in [0.29, 0.717) is 0 Å². The van der Waals surface area contributed by atoms with Crippen LogP contribution in [-0.2, 0) is 10.0 Å². The summed E-state index contributed by atoms with van der Waals surface area (Å²) in [6.45, 7) is -0.202. The second-order valence-electron chi connectivity index (χ2n) is 5.03. The number of hydrogen-bond donors (Lipinski definition) is 1. The Kier molecular flexibility index (Phi) is 4.92. The van der Waals surface area contributed by atoms with E-state index < -0.39 is 14.9 Å². The SMILES string of the molecule is O=[N+]([O-])c1ccc(S(=O)(=O)N(CCO)C2CCCC2)cc1. The van der Waals surface area contributed by atoms with Crippen molar-refractivity contribution in [3.8, 4) is 0 Å². The fourth-order valence-corrected chi connectivity index (χ4v) is 4.34. The Hall–Kier alpha value is -1.51. The van der Waals surface area contributed by atoms with Gasteiger partial charge in [0.15, 0.2) is 0 Å². The number of non-ortho nitro benzene ring substituents is 1. The molecule has 8 heteroatoms. The number of nitrogens with zero attached hydrogens (tertiary/aromatic N) is 2. The second-order valence-corrected chi connectivity index (χ2v) is 6.92. The molecule has 0 unspecified atom stereocenters. The van der Waals surface area contributed by atoms with Crippen molar-refractivity contribution in [2.24, 2.45) is 0 Å². The minimum atomic E-state index is -3.74. The maximum Gasteiger partial charge on any atom is 0.269 e. The Balaban J connectivity index is 2.30. The van der Waals surface area contributed by atoms with Gasteiger partial charge in [-0.1, -0.05) is 12.8 Å². The van der Waals surface area contributed by atoms with Crippen LogP contribution in [0, 0.1) is 10.1 Å². The van der Waals surface area contributed by atoms with Gasteiger partial charge in [-0.2, -0.15) is 4.31 Å². The molecule has 0 amide bonds. The monoisotopic (exact) mass is 314 g/mol. The third-order valence-corrected chi connectivity index (χ3v) is 5.67. The molecule has 2 rings (SSSR count). The average Bonchev–Trinajstić information content (AvgIpc) is 2.98. The van der Waals surface area contributed by atoms with Gasteiger partial charge in [0.05, 0.1) is 16.4 Å². The van der Waals surface area contributed by atoms with Crippen LogP contribution < -0.4 is 0 Å². The van der Waals surface area contributed by atoms with Crippen LogP contribution >= 0.6 is 0 Å². The summed E-state index contributed by atoms with van der Waals surface area (Å²) < 4.78 is 26.6. The Labute approximate surface area is 123 Å². The zero-order chi connectivity index (χ0) is 15.5. The smallest absolute Gasteiger partial charge is 0.269 e. The van der Waals surface area contributed by atoms with Crippen LogP contribution in [0.3, 0.4) is 0 Å². The van der Waals surface area contributed by atoms with E-state index in [-0.39, 0.29) is 29.8 Å². The van der Waals surface area contributed by atoms with E-state index in [1.165, 1.54) is 28.6 Å². The molecule has 1 aromatic carbocycles. The van der Waals surface area contributed by atoms with E-state index in [1.54, 1.807) is 0 Å². The molecule has 21 heavy (non-hydrogen) atoms. The maximum absolute atomic E-state index is 12.6. The lowest BCUT2D eigenvalue weighted by atomic mass is 10.2. The maximum atomic E-state index is 12.6. The molecule has 7 nitrogen and oxygen atoms in total. The highest BCUT2D eigenvalue weighted by atomic mass is 32.2. The topological polar surface area (TPSA) is 101 Å². The molecule has 0 aromatic heterocycles. The Morgan fingerprint density at radius 2 is 1.81 bits per heavy atom. The van der Waals surface area contributed by atoms with Crippen molar-refractivity contribution in [1.29, 1.82) is 0 Å². The van der Waals surface area contributed by atoms with Crippen molar-refractivity contribution in [1.82, 2.24) is 4.31 Å². The van der Waals surface area contributed by atoms with Gasteiger partial charge in [-0.3, -0.25) is 10.1 Å². The highest BCUT2D eigenvalue weighted by Crippen LogP contribution is 2.29. The average molecular weight is 314 g/mol. The molecule has 1 fully saturated rings. The van der Waals surface area contributed by atoms with Crippen molar-refractivity contribution in [2.45, 2.75) is 36.6 Å². The minimum absolute atomic E-state index is 0.0217. The standard InChI is InChI=1S/C13H18N2O5S/c16-10-9-14(11-3-1-2-4-11)21(19,20)13-7-5-12(6-8-13)15(17)18/h5-8,11,16H,1-4,9-10H2. The minimum Gasteiger partial charge on any atom is -0.395 e. The van der Waals surface area contributed by atoms with Crippen LogP contribution in [0.2, 0.25) is 0 Å². The lowest BCUT2D eigenvalue weighted by Gasteiger charge is -2.27. The molecular weight excluding hydrogens is 296 g/mol. The molecule has 0 bridgehead atoms. The summed E-state index contributed by atoms with van der Waals surface area (Å²) >= 11 is 0. The molecule has 1 aliphatic carbocycles. The largest absolute Gasteiger partial charge is 0.395 e. The summed E-state index contributed by atoms with van der Waals surface area (Å²) in [6, 6.07) is 4.74. The first-order chi connectivity index (χ1) is 9.96. The Morgan fingerprint density at radius 1 is 1.24 bits per heavy atom. The molecule has 1 aromatic rings. The molecule has 0 aliphatic heterocycles. The summed E-state index contributed by atoms with van der Waals surface area (Å²) in [6.07, 6.45) is 3.52. The van der Waals surface area contributed by atoms with E-state index in [4.69, 9.17) is 5.11 Å². The highest BCUT2D eigenvalue weighted by molar-refractivity contribution is 7.89. The Bertz CT molecular complexity index is 593. The van der Waals surface area contributed by atoms with Crippen LogP contribution in [0.25, 0.3) is 0 Å². The fourth-order valence-electron chi connectivity index (χ4n) is 2.67. The van der Waals surface area contributed by atoms with Crippen LogP contribution in [0.1, 0.15) is 25.7 Å². The summed E-state index contributed by atoms with van der Waals surface area (Å²) in [5, 5.41) is 19.7. The van der Waals surface area contributed by atoms with Crippen LogP contribution in [0.4, 0.5) is 5.69 Å². The number of aliphatic hydroxyl groups excluding tert-OH is 1. The second kappa shape index (κ2) is 6.50. The molecule has 116 valence electrons. The van der Waals surface area contributed by atoms with Crippen LogP contribution in [-0.4, -0.2) is 41.9 Å². The quantitative estimate of drug-likeness (QED) is 0.633. The Morgan fingerprint density at radius 3 is 2.29 bits per heavy atom. The third-order valence-electron chi connectivity index (χ3n) is 3.71. The van der Waals surface area contributed by atoms with E-state index in [2.05, 4.69) is 0 Å². The number of benzene rings is 1. The van der Waals surface area contributed by atoms with E-state index in [1.807, 2.05) is 0 Å². The van der Waals surface area contributed by atoms with Crippen LogP contribution in [0.15, 0.2) is 29.2 Å². The van der Waals surface area contributed by atoms with Crippen molar-refractivity contribution < 1.29 is 18.4 Å². The van der Waals surface area contributed by atoms with Gasteiger partial charge in [0.2, 0.25) is 10.0 Å². The first-order valence-electron chi connectivity index (χ1n) is 6.84. The van der Waals surface area contributed by atoms with E-state index >= 15 is 0 Å². The van der Waals surface area contributed by atoms with Gasteiger partial charge in [-0.25, -0.2) is 8.42 Å². The molecule has 0 radical (unpaired) electrons. The van der Waals surface area contributed by atoms with Gasteiger partial charge in [0, 0.05) is 24.7 Å². The van der Waals surface area contributed by atoms with Gasteiger partial charge in [-0.15, -0.1) is 0 Å². The zero-order valence-electron chi connectivity index (χ0n) is 11.5. The first-order valence-corrected chi connectivity index (χ1v) is 8.28. The molecule has 0 atom stereocenters. The molecular formula is C13H18N2O5S. The third kappa shape index (κ3) is 3.39. The van der Waals surface area contributed by atoms with Gasteiger partial charge in [0.25, 0.3) is 5.69 Å². The first kappa shape index (κ1) is 15.9. The summed E-state index contributed by atoms with van der Waals surface area (Å²) in [7, 11) is -3.74. The number of nitro groups is 1. The van der Waals surface area contributed by atoms with Gasteiger partial charge >= 0.3 is 0 Å². The fraction of sp³-hybridized carbons (Fsp3) is 0.538. The van der Waals surface area contributed by atoms with Gasteiger partial charge < -0.3 is 5.11 Å². The predicted octanol–water partition coefficient (Wildman–Crippen LogP) is 1.52. The normalized spacial score (nSPS) is 16.5. The lowest BCUT2D eigenvalue weighted by molar-refractivity contribution is -0.384. The van der Waals surface area contributed by atoms with E-state index in [9.17, 15) is 18.5 Å². The number of aliphatic hydroxyl groups is 1. The van der Waals surface area contributed by atoms with Crippen molar-refractivity contribution in [3.05, 3.63) is 34.4 Å². The van der Waals surface area contributed by atoms with Crippen LogP contribution in [0.5, 0.6) is 0 Å². The number of rotatable bonds is 6. The highest BCUT2D eigenvalue weighted by Gasteiger charge is 2.32. The number of sulfonamides is 1. The zero-order valence-corrected chi connectivity index (χ0v) is 12.3. The predicted molar refractivity (Wildman–Crippen MR) is 76.3 cm³/mol. The van der Waals surface area contributed by atoms with Crippen molar-refractivity contribution in [3.63, 3.8) is 0 Å². The molecule has 0 heterocycles. The summed E-state index contributed by atoms with van der Waals surface area (Å²) in [4.78, 5) is 10.1. The molecule has 0 saturated heterocycles.